The minimum Gasteiger partial charge on any atom is -0.394 e. The maximum Gasteiger partial charge on any atom is 0.257 e. The van der Waals surface area contributed by atoms with Crippen LogP contribution in [0, 0.1) is 6.92 Å². The molecule has 2 N–H and O–H groups in total. The number of pyridine rings is 1. The number of aromatic nitrogens is 2. The molecule has 0 fully saturated rings. The Morgan fingerprint density at radius 1 is 1.36 bits per heavy atom. The highest BCUT2D eigenvalue weighted by molar-refractivity contribution is 5.97. The first-order valence-electron chi connectivity index (χ1n) is 6.87. The molecular weight excluding hydrogens is 282 g/mol. The number of nitrogens with one attached hydrogen (secondary N) is 1. The molecule has 0 aliphatic heterocycles. The van der Waals surface area contributed by atoms with E-state index in [1.807, 2.05) is 30.3 Å². The zero-order valence-corrected chi connectivity index (χ0v) is 12.0. The van der Waals surface area contributed by atoms with E-state index in [2.05, 4.69) is 15.5 Å². The fourth-order valence-electron chi connectivity index (χ4n) is 2.23. The van der Waals surface area contributed by atoms with E-state index < -0.39 is 6.04 Å². The zero-order chi connectivity index (χ0) is 15.5. The Hall–Kier alpha value is -2.73. The van der Waals surface area contributed by atoms with Gasteiger partial charge in [-0.25, -0.2) is 4.98 Å². The summed E-state index contributed by atoms with van der Waals surface area (Å²) in [5, 5.41) is 16.8. The number of aliphatic hydroxyl groups excluding tert-OH is 1. The van der Waals surface area contributed by atoms with Gasteiger partial charge in [0.15, 0.2) is 0 Å². The summed E-state index contributed by atoms with van der Waals surface area (Å²) in [5.74, 6) is -0.307. The van der Waals surface area contributed by atoms with E-state index in [4.69, 9.17) is 4.52 Å². The monoisotopic (exact) mass is 297 g/mol. The lowest BCUT2D eigenvalue weighted by Crippen LogP contribution is -2.30. The number of hydrogen-bond acceptors (Lipinski definition) is 5. The SMILES string of the molecule is Cc1noc2ncc(C(=O)N[C@H](CO)c3ccccc3)cc12. The quantitative estimate of drug-likeness (QED) is 0.769. The molecule has 6 nitrogen and oxygen atoms in total. The van der Waals surface area contributed by atoms with E-state index in [-0.39, 0.29) is 12.5 Å². The van der Waals surface area contributed by atoms with Crippen LogP contribution in [0.3, 0.4) is 0 Å². The number of carbonyl (C=O) groups is 1. The maximum atomic E-state index is 12.4. The Balaban J connectivity index is 1.84. The smallest absolute Gasteiger partial charge is 0.257 e. The van der Waals surface area contributed by atoms with Crippen molar-refractivity contribution in [3.05, 3.63) is 59.4 Å². The number of carbonyl (C=O) groups excluding carboxylic acids is 1. The molecule has 2 heterocycles. The van der Waals surface area contributed by atoms with Gasteiger partial charge in [-0.2, -0.15) is 0 Å². The number of aryl methyl sites for hydroxylation is 1. The van der Waals surface area contributed by atoms with Crippen LogP contribution in [0.1, 0.15) is 27.7 Å². The highest BCUT2D eigenvalue weighted by atomic mass is 16.5. The van der Waals surface area contributed by atoms with E-state index in [0.29, 0.717) is 22.4 Å². The summed E-state index contributed by atoms with van der Waals surface area (Å²) in [6.45, 7) is 1.60. The van der Waals surface area contributed by atoms with E-state index in [1.165, 1.54) is 6.20 Å². The predicted octanol–water partition coefficient (Wildman–Crippen LogP) is 1.99. The molecule has 1 aromatic carbocycles. The number of rotatable bonds is 4. The third kappa shape index (κ3) is 2.68. The summed E-state index contributed by atoms with van der Waals surface area (Å²) < 4.78 is 5.02. The second kappa shape index (κ2) is 5.95. The van der Waals surface area contributed by atoms with Gasteiger partial charge in [-0.1, -0.05) is 35.5 Å². The Labute approximate surface area is 126 Å². The van der Waals surface area contributed by atoms with Crippen LogP contribution in [0.2, 0.25) is 0 Å². The largest absolute Gasteiger partial charge is 0.394 e. The van der Waals surface area contributed by atoms with E-state index in [0.717, 1.165) is 5.56 Å². The van der Waals surface area contributed by atoms with Crippen LogP contribution < -0.4 is 5.32 Å². The minimum atomic E-state index is -0.465. The molecule has 1 amide bonds. The van der Waals surface area contributed by atoms with E-state index in [9.17, 15) is 9.90 Å². The summed E-state index contributed by atoms with van der Waals surface area (Å²) in [6.07, 6.45) is 1.43. The third-order valence-corrected chi connectivity index (χ3v) is 3.46. The average molecular weight is 297 g/mol. The van der Waals surface area contributed by atoms with Gasteiger partial charge in [0, 0.05) is 6.20 Å². The molecule has 0 bridgehead atoms. The summed E-state index contributed by atoms with van der Waals surface area (Å²) in [5.41, 5.74) is 2.32. The second-order valence-corrected chi connectivity index (χ2v) is 4.96. The van der Waals surface area contributed by atoms with Crippen LogP contribution in [0.4, 0.5) is 0 Å². The first-order chi connectivity index (χ1) is 10.7. The Kier molecular flexibility index (Phi) is 3.84. The number of benzene rings is 1. The van der Waals surface area contributed by atoms with E-state index >= 15 is 0 Å². The molecule has 0 aliphatic rings. The van der Waals surface area contributed by atoms with Crippen molar-refractivity contribution in [3.63, 3.8) is 0 Å². The van der Waals surface area contributed by atoms with Gasteiger partial charge in [0.2, 0.25) is 0 Å². The number of aliphatic hydroxyl groups is 1. The molecule has 0 saturated heterocycles. The van der Waals surface area contributed by atoms with Gasteiger partial charge >= 0.3 is 0 Å². The molecule has 0 unspecified atom stereocenters. The lowest BCUT2D eigenvalue weighted by atomic mass is 10.1. The molecule has 0 spiro atoms. The minimum absolute atomic E-state index is 0.183. The van der Waals surface area contributed by atoms with Crippen LogP contribution in [-0.4, -0.2) is 27.8 Å². The van der Waals surface area contributed by atoms with Crippen LogP contribution >= 0.6 is 0 Å². The van der Waals surface area contributed by atoms with Crippen molar-refractivity contribution >= 4 is 17.0 Å². The highest BCUT2D eigenvalue weighted by Crippen LogP contribution is 2.18. The van der Waals surface area contributed by atoms with Gasteiger partial charge in [-0.05, 0) is 18.6 Å². The van der Waals surface area contributed by atoms with Crippen molar-refractivity contribution in [1.29, 1.82) is 0 Å². The molecule has 0 saturated carbocycles. The fourth-order valence-corrected chi connectivity index (χ4v) is 2.23. The van der Waals surface area contributed by atoms with Crippen molar-refractivity contribution in [2.24, 2.45) is 0 Å². The molecule has 0 radical (unpaired) electrons. The summed E-state index contributed by atoms with van der Waals surface area (Å²) in [7, 11) is 0. The van der Waals surface area contributed by atoms with Crippen molar-refractivity contribution < 1.29 is 14.4 Å². The van der Waals surface area contributed by atoms with Crippen LogP contribution in [0.15, 0.2) is 47.1 Å². The number of fused-ring (bicyclic) bond motifs is 1. The molecule has 6 heteroatoms. The molecule has 0 aliphatic carbocycles. The number of amides is 1. The molecule has 112 valence electrons. The van der Waals surface area contributed by atoms with Gasteiger partial charge < -0.3 is 14.9 Å². The zero-order valence-electron chi connectivity index (χ0n) is 12.0. The molecule has 3 aromatic rings. The van der Waals surface area contributed by atoms with Gasteiger partial charge in [0.05, 0.1) is 29.3 Å². The Bertz CT molecular complexity index is 799. The molecule has 2 aromatic heterocycles. The summed E-state index contributed by atoms with van der Waals surface area (Å²) >= 11 is 0. The number of nitrogens with zero attached hydrogens (tertiary/aromatic N) is 2. The lowest BCUT2D eigenvalue weighted by molar-refractivity contribution is 0.0916. The van der Waals surface area contributed by atoms with Gasteiger partial charge in [-0.3, -0.25) is 4.79 Å². The predicted molar refractivity (Wildman–Crippen MR) is 80.3 cm³/mol. The normalized spacial score (nSPS) is 12.3. The topological polar surface area (TPSA) is 88.2 Å². The van der Waals surface area contributed by atoms with Crippen LogP contribution in [0.5, 0.6) is 0 Å². The van der Waals surface area contributed by atoms with Crippen molar-refractivity contribution in [2.45, 2.75) is 13.0 Å². The average Bonchev–Trinajstić information content (AvgIpc) is 2.94. The Morgan fingerprint density at radius 3 is 2.86 bits per heavy atom. The first-order valence-corrected chi connectivity index (χ1v) is 6.87. The first kappa shape index (κ1) is 14.2. The summed E-state index contributed by atoms with van der Waals surface area (Å²) in [4.78, 5) is 16.4. The fraction of sp³-hybridized carbons (Fsp3) is 0.188. The van der Waals surface area contributed by atoms with Gasteiger partial charge in [0.25, 0.3) is 11.6 Å². The Morgan fingerprint density at radius 2 is 2.14 bits per heavy atom. The van der Waals surface area contributed by atoms with Crippen molar-refractivity contribution in [3.8, 4) is 0 Å². The van der Waals surface area contributed by atoms with Gasteiger partial charge in [-0.15, -0.1) is 0 Å². The summed E-state index contributed by atoms with van der Waals surface area (Å²) in [6, 6.07) is 10.5. The molecule has 22 heavy (non-hydrogen) atoms. The van der Waals surface area contributed by atoms with Crippen LogP contribution in [-0.2, 0) is 0 Å². The standard InChI is InChI=1S/C16H15N3O3/c1-10-13-7-12(8-17-16(13)22-19-10)15(21)18-14(9-20)11-5-3-2-4-6-11/h2-8,14,20H,9H2,1H3,(H,18,21)/t14-/m1/s1. The highest BCUT2D eigenvalue weighted by Gasteiger charge is 2.16. The second-order valence-electron chi connectivity index (χ2n) is 4.96. The van der Waals surface area contributed by atoms with Crippen molar-refractivity contribution in [2.75, 3.05) is 6.61 Å². The molecule has 1 atom stereocenters. The number of hydrogen-bond donors (Lipinski definition) is 2. The molecular formula is C16H15N3O3. The maximum absolute atomic E-state index is 12.4. The van der Waals surface area contributed by atoms with E-state index in [1.54, 1.807) is 13.0 Å². The van der Waals surface area contributed by atoms with Crippen LogP contribution in [0.25, 0.3) is 11.1 Å². The lowest BCUT2D eigenvalue weighted by Gasteiger charge is -2.16. The molecule has 3 rings (SSSR count). The third-order valence-electron chi connectivity index (χ3n) is 3.46. The van der Waals surface area contributed by atoms with Gasteiger partial charge in [0.1, 0.15) is 0 Å². The van der Waals surface area contributed by atoms with Crippen molar-refractivity contribution in [1.82, 2.24) is 15.5 Å².